The van der Waals surface area contributed by atoms with E-state index in [1.165, 1.54) is 7.11 Å². The number of nitrogens with two attached hydrogens (primary N) is 1. The summed E-state index contributed by atoms with van der Waals surface area (Å²) in [6.45, 7) is 2.06. The lowest BCUT2D eigenvalue weighted by atomic mass is 10.1. The van der Waals surface area contributed by atoms with Crippen LogP contribution < -0.4 is 11.1 Å². The van der Waals surface area contributed by atoms with Crippen molar-refractivity contribution in [1.82, 2.24) is 10.3 Å². The summed E-state index contributed by atoms with van der Waals surface area (Å²) in [5, 5.41) is 2.81. The third-order valence-corrected chi connectivity index (χ3v) is 2.33. The van der Waals surface area contributed by atoms with Crippen LogP contribution in [-0.2, 0) is 9.53 Å². The molecule has 0 saturated carbocycles. The van der Waals surface area contributed by atoms with Gasteiger partial charge in [0.1, 0.15) is 6.10 Å². The third kappa shape index (κ3) is 3.29. The van der Waals surface area contributed by atoms with Gasteiger partial charge in [0.05, 0.1) is 6.04 Å². The van der Waals surface area contributed by atoms with Gasteiger partial charge in [0.2, 0.25) is 0 Å². The Balaban J connectivity index is 2.58. The Morgan fingerprint density at radius 3 is 2.94 bits per heavy atom. The van der Waals surface area contributed by atoms with Crippen molar-refractivity contribution in [3.05, 3.63) is 30.1 Å². The van der Waals surface area contributed by atoms with Crippen molar-refractivity contribution in [3.8, 4) is 0 Å². The molecule has 0 saturated heterocycles. The molecule has 2 atom stereocenters. The highest BCUT2D eigenvalue weighted by atomic mass is 16.5. The molecular formula is C11H17N3O2. The van der Waals surface area contributed by atoms with Crippen LogP contribution in [-0.4, -0.2) is 30.6 Å². The molecular weight excluding hydrogens is 206 g/mol. The molecule has 0 aliphatic carbocycles. The van der Waals surface area contributed by atoms with Crippen LogP contribution in [0.15, 0.2) is 24.5 Å². The van der Waals surface area contributed by atoms with E-state index in [1.54, 1.807) is 12.4 Å². The van der Waals surface area contributed by atoms with Crippen molar-refractivity contribution < 1.29 is 9.53 Å². The fourth-order valence-electron chi connectivity index (χ4n) is 1.33. The molecule has 1 rings (SSSR count). The molecule has 0 aliphatic rings. The topological polar surface area (TPSA) is 77.2 Å². The number of rotatable bonds is 5. The normalized spacial score (nSPS) is 14.2. The van der Waals surface area contributed by atoms with Crippen LogP contribution in [0.5, 0.6) is 0 Å². The quantitative estimate of drug-likeness (QED) is 0.749. The van der Waals surface area contributed by atoms with Crippen molar-refractivity contribution in [2.75, 3.05) is 13.7 Å². The molecule has 0 aromatic carbocycles. The van der Waals surface area contributed by atoms with Crippen molar-refractivity contribution >= 4 is 5.91 Å². The summed E-state index contributed by atoms with van der Waals surface area (Å²) in [5.74, 6) is -0.207. The average molecular weight is 223 g/mol. The monoisotopic (exact) mass is 223 g/mol. The number of carbonyl (C=O) groups excluding carboxylic acids is 1. The second-order valence-electron chi connectivity index (χ2n) is 3.48. The van der Waals surface area contributed by atoms with E-state index >= 15 is 0 Å². The van der Waals surface area contributed by atoms with Gasteiger partial charge in [0.25, 0.3) is 5.91 Å². The minimum Gasteiger partial charge on any atom is -0.370 e. The summed E-state index contributed by atoms with van der Waals surface area (Å²) in [4.78, 5) is 15.6. The summed E-state index contributed by atoms with van der Waals surface area (Å²) in [5.41, 5.74) is 6.35. The van der Waals surface area contributed by atoms with E-state index in [4.69, 9.17) is 10.5 Å². The predicted molar refractivity (Wildman–Crippen MR) is 60.6 cm³/mol. The first-order valence-corrected chi connectivity index (χ1v) is 5.12. The van der Waals surface area contributed by atoms with Gasteiger partial charge in [-0.2, -0.15) is 0 Å². The minimum atomic E-state index is -0.598. The second-order valence-corrected chi connectivity index (χ2v) is 3.48. The SMILES string of the molecule is COC(CN)C(=O)NC(C)c1cccnc1. The van der Waals surface area contributed by atoms with E-state index < -0.39 is 6.10 Å². The van der Waals surface area contributed by atoms with E-state index in [-0.39, 0.29) is 18.5 Å². The Bertz CT molecular complexity index is 325. The number of hydrogen-bond donors (Lipinski definition) is 2. The van der Waals surface area contributed by atoms with E-state index in [1.807, 2.05) is 19.1 Å². The van der Waals surface area contributed by atoms with E-state index in [0.29, 0.717) is 0 Å². The fraction of sp³-hybridized carbons (Fsp3) is 0.455. The number of ether oxygens (including phenoxy) is 1. The Morgan fingerprint density at radius 1 is 1.69 bits per heavy atom. The Kier molecular flexibility index (Phi) is 4.88. The van der Waals surface area contributed by atoms with Crippen LogP contribution in [0.3, 0.4) is 0 Å². The number of pyridine rings is 1. The minimum absolute atomic E-state index is 0.106. The maximum atomic E-state index is 11.7. The first-order chi connectivity index (χ1) is 7.69. The fourth-order valence-corrected chi connectivity index (χ4v) is 1.33. The molecule has 16 heavy (non-hydrogen) atoms. The molecule has 2 unspecified atom stereocenters. The molecule has 5 nitrogen and oxygen atoms in total. The number of carbonyl (C=O) groups is 1. The molecule has 5 heteroatoms. The van der Waals surface area contributed by atoms with Crippen molar-refractivity contribution in [3.63, 3.8) is 0 Å². The van der Waals surface area contributed by atoms with Crippen LogP contribution in [0, 0.1) is 0 Å². The van der Waals surface area contributed by atoms with E-state index in [0.717, 1.165) is 5.56 Å². The largest absolute Gasteiger partial charge is 0.370 e. The van der Waals surface area contributed by atoms with Gasteiger partial charge in [-0.05, 0) is 18.6 Å². The standard InChI is InChI=1S/C11H17N3O2/c1-8(9-4-3-5-13-7-9)14-11(15)10(6-12)16-2/h3-5,7-8,10H,6,12H2,1-2H3,(H,14,15). The first-order valence-electron chi connectivity index (χ1n) is 5.12. The van der Waals surface area contributed by atoms with Crippen LogP contribution in [0.25, 0.3) is 0 Å². The molecule has 1 aromatic heterocycles. The highest BCUT2D eigenvalue weighted by molar-refractivity contribution is 5.81. The van der Waals surface area contributed by atoms with E-state index in [2.05, 4.69) is 10.3 Å². The first kappa shape index (κ1) is 12.6. The molecule has 3 N–H and O–H groups in total. The zero-order valence-corrected chi connectivity index (χ0v) is 9.51. The zero-order chi connectivity index (χ0) is 12.0. The highest BCUT2D eigenvalue weighted by Gasteiger charge is 2.18. The van der Waals surface area contributed by atoms with Gasteiger partial charge in [-0.3, -0.25) is 9.78 Å². The maximum Gasteiger partial charge on any atom is 0.250 e. The molecule has 0 fully saturated rings. The van der Waals surface area contributed by atoms with Crippen molar-refractivity contribution in [2.24, 2.45) is 5.73 Å². The van der Waals surface area contributed by atoms with Gasteiger partial charge in [0.15, 0.2) is 0 Å². The summed E-state index contributed by atoms with van der Waals surface area (Å²) >= 11 is 0. The molecule has 0 radical (unpaired) electrons. The zero-order valence-electron chi connectivity index (χ0n) is 9.51. The van der Waals surface area contributed by atoms with Gasteiger partial charge >= 0.3 is 0 Å². The van der Waals surface area contributed by atoms with Gasteiger partial charge in [-0.1, -0.05) is 6.07 Å². The van der Waals surface area contributed by atoms with Crippen LogP contribution in [0.4, 0.5) is 0 Å². The lowest BCUT2D eigenvalue weighted by Crippen LogP contribution is -2.41. The smallest absolute Gasteiger partial charge is 0.250 e. The Labute approximate surface area is 95.0 Å². The van der Waals surface area contributed by atoms with E-state index in [9.17, 15) is 4.79 Å². The highest BCUT2D eigenvalue weighted by Crippen LogP contribution is 2.09. The second kappa shape index (κ2) is 6.19. The van der Waals surface area contributed by atoms with Gasteiger partial charge < -0.3 is 15.8 Å². The molecule has 1 heterocycles. The number of nitrogens with zero attached hydrogens (tertiary/aromatic N) is 1. The summed E-state index contributed by atoms with van der Waals surface area (Å²) in [7, 11) is 1.46. The Hall–Kier alpha value is -1.46. The number of methoxy groups -OCH3 is 1. The number of amides is 1. The number of aromatic nitrogens is 1. The van der Waals surface area contributed by atoms with Crippen molar-refractivity contribution in [2.45, 2.75) is 19.1 Å². The van der Waals surface area contributed by atoms with Crippen molar-refractivity contribution in [1.29, 1.82) is 0 Å². The van der Waals surface area contributed by atoms with Gasteiger partial charge in [-0.15, -0.1) is 0 Å². The summed E-state index contributed by atoms with van der Waals surface area (Å²) in [6, 6.07) is 3.63. The molecule has 0 aliphatic heterocycles. The number of hydrogen-bond acceptors (Lipinski definition) is 4. The predicted octanol–water partition coefficient (Wildman–Crippen LogP) is 0.233. The van der Waals surface area contributed by atoms with Crippen LogP contribution in [0.2, 0.25) is 0 Å². The molecule has 0 spiro atoms. The molecule has 1 amide bonds. The van der Waals surface area contributed by atoms with Gasteiger partial charge in [0, 0.05) is 26.0 Å². The molecule has 88 valence electrons. The summed E-state index contributed by atoms with van der Waals surface area (Å²) < 4.78 is 4.95. The Morgan fingerprint density at radius 2 is 2.44 bits per heavy atom. The van der Waals surface area contributed by atoms with Crippen LogP contribution >= 0.6 is 0 Å². The van der Waals surface area contributed by atoms with Crippen LogP contribution in [0.1, 0.15) is 18.5 Å². The van der Waals surface area contributed by atoms with Gasteiger partial charge in [-0.25, -0.2) is 0 Å². The summed E-state index contributed by atoms with van der Waals surface area (Å²) in [6.07, 6.45) is 2.81. The maximum absolute atomic E-state index is 11.7. The molecule has 0 bridgehead atoms. The molecule has 1 aromatic rings. The lowest BCUT2D eigenvalue weighted by molar-refractivity contribution is -0.131. The lowest BCUT2D eigenvalue weighted by Gasteiger charge is -2.18. The average Bonchev–Trinajstić information content (AvgIpc) is 2.31. The third-order valence-electron chi connectivity index (χ3n) is 2.33. The number of nitrogens with one attached hydrogen (secondary N) is 1.